The van der Waals surface area contributed by atoms with Crippen LogP contribution >= 0.6 is 0 Å². The van der Waals surface area contributed by atoms with Gasteiger partial charge in [0.2, 0.25) is 6.41 Å². The molecule has 0 saturated heterocycles. The molecule has 1 atom stereocenters. The predicted molar refractivity (Wildman–Crippen MR) is 65.9 cm³/mol. The first kappa shape index (κ1) is 15.8. The van der Waals surface area contributed by atoms with Crippen molar-refractivity contribution in [1.82, 2.24) is 5.32 Å². The topological polar surface area (TPSA) is 53.0 Å². The summed E-state index contributed by atoms with van der Waals surface area (Å²) < 4.78 is 0. The highest BCUT2D eigenvalue weighted by Crippen LogP contribution is 2.02. The van der Waals surface area contributed by atoms with Crippen molar-refractivity contribution >= 4 is 12.6 Å². The van der Waals surface area contributed by atoms with E-state index in [1.165, 1.54) is 0 Å². The maximum atomic E-state index is 10.1. The smallest absolute Gasteiger partial charge is 0.211 e. The first-order valence-corrected chi connectivity index (χ1v) is 4.83. The average molecular weight is 208 g/mol. The number of carbonyl (C=O) groups is 1. The van der Waals surface area contributed by atoms with Crippen LogP contribution in [0.15, 0.2) is 37.1 Å². The van der Waals surface area contributed by atoms with Crippen LogP contribution in [0, 0.1) is 11.3 Å². The number of allylic oxidation sites excluding steroid dienone is 4. The summed E-state index contributed by atoms with van der Waals surface area (Å²) in [5.41, 5.74) is 0.531. The molecule has 15 heavy (non-hydrogen) atoms. The Hall–Kier alpha value is -1.64. The van der Waals surface area contributed by atoms with E-state index in [4.69, 9.17) is 5.41 Å². The van der Waals surface area contributed by atoms with E-state index in [2.05, 4.69) is 31.5 Å². The summed E-state index contributed by atoms with van der Waals surface area (Å²) in [5.74, 6) is 0.240. The molecule has 0 rings (SSSR count). The molecule has 0 aromatic carbocycles. The molecular weight excluding hydrogens is 188 g/mol. The number of hydrogen-bond donors (Lipinski definition) is 2. The van der Waals surface area contributed by atoms with Gasteiger partial charge in [-0.25, -0.2) is 0 Å². The average Bonchev–Trinajstić information content (AvgIpc) is 2.28. The van der Waals surface area contributed by atoms with Gasteiger partial charge in [0.15, 0.2) is 0 Å². The number of nitrogens with one attached hydrogen (secondary N) is 2. The highest BCUT2D eigenvalue weighted by Gasteiger charge is 1.94. The van der Waals surface area contributed by atoms with Crippen LogP contribution in [0.3, 0.4) is 0 Å². The number of carbonyl (C=O) groups excluding carboxylic acids is 1. The second kappa shape index (κ2) is 12.4. The summed E-state index contributed by atoms with van der Waals surface area (Å²) in [5, 5.41) is 9.44. The van der Waals surface area contributed by atoms with Crippen molar-refractivity contribution in [1.29, 1.82) is 5.41 Å². The van der Waals surface area contributed by atoms with E-state index >= 15 is 0 Å². The summed E-state index contributed by atoms with van der Waals surface area (Å²) in [6.45, 7) is 10.1. The van der Waals surface area contributed by atoms with Crippen molar-refractivity contribution in [3.63, 3.8) is 0 Å². The highest BCUT2D eigenvalue weighted by atomic mass is 16.1. The third kappa shape index (κ3) is 10.3. The molecule has 0 saturated carbocycles. The normalized spacial score (nSPS) is 12.5. The second-order valence-electron chi connectivity index (χ2n) is 2.72. The van der Waals surface area contributed by atoms with Gasteiger partial charge < -0.3 is 10.7 Å². The molecule has 0 bridgehead atoms. The first-order chi connectivity index (χ1) is 7.24. The number of hydrogen-bond acceptors (Lipinski definition) is 2. The van der Waals surface area contributed by atoms with Crippen molar-refractivity contribution in [3.8, 4) is 0 Å². The zero-order valence-electron chi connectivity index (χ0n) is 9.49. The summed E-state index contributed by atoms with van der Waals surface area (Å²) in [7, 11) is 0. The molecule has 0 aliphatic carbocycles. The van der Waals surface area contributed by atoms with Gasteiger partial charge in [0.25, 0.3) is 0 Å². The van der Waals surface area contributed by atoms with Crippen molar-refractivity contribution in [2.75, 3.05) is 0 Å². The van der Waals surface area contributed by atoms with Gasteiger partial charge in [0, 0.05) is 6.21 Å². The molecule has 2 N–H and O–H groups in total. The van der Waals surface area contributed by atoms with Crippen molar-refractivity contribution in [2.24, 2.45) is 5.92 Å². The predicted octanol–water partition coefficient (Wildman–Crippen LogP) is 2.67. The van der Waals surface area contributed by atoms with Gasteiger partial charge in [0.05, 0.1) is 5.70 Å². The molecule has 0 fully saturated rings. The lowest BCUT2D eigenvalue weighted by Gasteiger charge is -2.01. The first-order valence-electron chi connectivity index (χ1n) is 4.83. The lowest BCUT2D eigenvalue weighted by Crippen LogP contribution is -2.11. The van der Waals surface area contributed by atoms with Gasteiger partial charge in [-0.1, -0.05) is 32.1 Å². The molecule has 1 amide bonds. The fourth-order valence-electron chi connectivity index (χ4n) is 0.895. The van der Waals surface area contributed by atoms with Crippen LogP contribution in [0.1, 0.15) is 20.3 Å². The fourth-order valence-corrected chi connectivity index (χ4v) is 0.895. The molecule has 0 aliphatic heterocycles. The molecule has 0 aliphatic rings. The minimum absolute atomic E-state index is 0.240. The number of amides is 1. The van der Waals surface area contributed by atoms with E-state index in [1.807, 2.05) is 19.1 Å². The minimum atomic E-state index is 0.240. The van der Waals surface area contributed by atoms with Crippen molar-refractivity contribution in [3.05, 3.63) is 37.1 Å². The summed E-state index contributed by atoms with van der Waals surface area (Å²) in [6, 6.07) is 0. The molecule has 3 heteroatoms. The maximum Gasteiger partial charge on any atom is 0.211 e. The Kier molecular flexibility index (Phi) is 13.0. The van der Waals surface area contributed by atoms with E-state index in [9.17, 15) is 4.79 Å². The largest absolute Gasteiger partial charge is 0.328 e. The van der Waals surface area contributed by atoms with Crippen LogP contribution in [0.2, 0.25) is 0 Å². The van der Waals surface area contributed by atoms with Gasteiger partial charge in [-0.3, -0.25) is 4.79 Å². The highest BCUT2D eigenvalue weighted by molar-refractivity contribution is 5.78. The quantitative estimate of drug-likeness (QED) is 0.393. The standard InChI is InChI=1S/C10H16N2O.C2H4/c1-3-4-5-9(2)6-10(7-11)12-8-13;1-2/h4-9,11H,3H2,1-2H3,(H,12,13);1-2H2/b5-4-,10-6+,11-7?;. The van der Waals surface area contributed by atoms with Crippen molar-refractivity contribution in [2.45, 2.75) is 20.3 Å². The Balaban J connectivity index is 0. The van der Waals surface area contributed by atoms with Gasteiger partial charge in [-0.15, -0.1) is 13.2 Å². The molecule has 1 unspecified atom stereocenters. The van der Waals surface area contributed by atoms with E-state index in [1.54, 1.807) is 0 Å². The van der Waals surface area contributed by atoms with E-state index in [0.717, 1.165) is 12.6 Å². The van der Waals surface area contributed by atoms with Gasteiger partial charge in [-0.05, 0) is 12.3 Å². The monoisotopic (exact) mass is 208 g/mol. The SMILES string of the molecule is C=C.CC/C=C\C(C)/C=C(\C=N)NC=O. The zero-order chi connectivity index (χ0) is 12.1. The van der Waals surface area contributed by atoms with E-state index in [0.29, 0.717) is 12.1 Å². The molecule has 0 radical (unpaired) electrons. The van der Waals surface area contributed by atoms with Crippen LogP contribution in [-0.2, 0) is 4.79 Å². The van der Waals surface area contributed by atoms with Crippen LogP contribution in [0.5, 0.6) is 0 Å². The van der Waals surface area contributed by atoms with Crippen molar-refractivity contribution < 1.29 is 4.79 Å². The summed E-state index contributed by atoms with van der Waals surface area (Å²) in [4.78, 5) is 10.1. The molecule has 84 valence electrons. The molecule has 0 aromatic heterocycles. The third-order valence-electron chi connectivity index (χ3n) is 1.50. The maximum absolute atomic E-state index is 10.1. The molecule has 3 nitrogen and oxygen atoms in total. The summed E-state index contributed by atoms with van der Waals surface area (Å²) in [6.07, 6.45) is 8.63. The molecule has 0 heterocycles. The fraction of sp³-hybridized carbons (Fsp3) is 0.333. The third-order valence-corrected chi connectivity index (χ3v) is 1.50. The Bertz CT molecular complexity index is 232. The van der Waals surface area contributed by atoms with Crippen LogP contribution in [0.4, 0.5) is 0 Å². The second-order valence-corrected chi connectivity index (χ2v) is 2.72. The van der Waals surface area contributed by atoms with Crippen LogP contribution in [0.25, 0.3) is 0 Å². The molecule has 0 spiro atoms. The lowest BCUT2D eigenvalue weighted by molar-refractivity contribution is -0.108. The zero-order valence-corrected chi connectivity index (χ0v) is 9.49. The van der Waals surface area contributed by atoms with Gasteiger partial charge >= 0.3 is 0 Å². The Morgan fingerprint density at radius 3 is 2.53 bits per heavy atom. The summed E-state index contributed by atoms with van der Waals surface area (Å²) >= 11 is 0. The Morgan fingerprint density at radius 1 is 1.53 bits per heavy atom. The van der Waals surface area contributed by atoms with Crippen LogP contribution in [-0.4, -0.2) is 12.6 Å². The van der Waals surface area contributed by atoms with E-state index in [-0.39, 0.29) is 5.92 Å². The molecule has 0 aromatic rings. The minimum Gasteiger partial charge on any atom is -0.328 e. The number of rotatable bonds is 6. The molecular formula is C12H20N2O. The van der Waals surface area contributed by atoms with E-state index < -0.39 is 0 Å². The van der Waals surface area contributed by atoms with Gasteiger partial charge in [-0.2, -0.15) is 0 Å². The van der Waals surface area contributed by atoms with Gasteiger partial charge in [0.1, 0.15) is 0 Å². The Morgan fingerprint density at radius 2 is 2.13 bits per heavy atom. The van der Waals surface area contributed by atoms with Crippen LogP contribution < -0.4 is 5.32 Å². The lowest BCUT2D eigenvalue weighted by atomic mass is 10.1. The Labute approximate surface area is 92.1 Å².